The lowest BCUT2D eigenvalue weighted by Crippen LogP contribution is -2.49. The molecule has 0 aromatic heterocycles. The molecule has 2 heterocycles. The van der Waals surface area contributed by atoms with Crippen molar-refractivity contribution in [3.8, 4) is 0 Å². The molecule has 1 saturated heterocycles. The van der Waals surface area contributed by atoms with Crippen LogP contribution in [0, 0.1) is 5.92 Å². The number of halogens is 2. The first-order valence-corrected chi connectivity index (χ1v) is 5.42. The third-order valence-corrected chi connectivity index (χ3v) is 3.71. The van der Waals surface area contributed by atoms with Crippen LogP contribution in [0.2, 0.25) is 0 Å². The van der Waals surface area contributed by atoms with Gasteiger partial charge in [-0.25, -0.2) is 8.78 Å². The molecule has 90 valence electrons. The number of carbonyl (C=O) groups is 1. The normalized spacial score (nSPS) is 33.8. The van der Waals surface area contributed by atoms with Gasteiger partial charge in [0.15, 0.2) is 0 Å². The minimum atomic E-state index is -3.32. The summed E-state index contributed by atoms with van der Waals surface area (Å²) in [5.41, 5.74) is -2.29. The molecule has 0 spiro atoms. The van der Waals surface area contributed by atoms with Crippen molar-refractivity contribution in [1.82, 2.24) is 4.90 Å². The highest BCUT2D eigenvalue weighted by molar-refractivity contribution is 6.00. The van der Waals surface area contributed by atoms with Gasteiger partial charge in [-0.05, 0) is 6.07 Å². The highest BCUT2D eigenvalue weighted by Gasteiger charge is 2.71. The zero-order chi connectivity index (χ0) is 12.4. The van der Waals surface area contributed by atoms with E-state index in [1.165, 1.54) is 19.1 Å². The molecule has 0 saturated carbocycles. The van der Waals surface area contributed by atoms with E-state index in [9.17, 15) is 18.7 Å². The average Bonchev–Trinajstić information content (AvgIpc) is 2.63. The quantitative estimate of drug-likeness (QED) is 0.746. The van der Waals surface area contributed by atoms with E-state index in [0.717, 1.165) is 4.90 Å². The van der Waals surface area contributed by atoms with Crippen LogP contribution in [0.4, 0.5) is 8.78 Å². The molecule has 0 aliphatic carbocycles. The zero-order valence-electron chi connectivity index (χ0n) is 9.15. The molecule has 0 bridgehead atoms. The highest BCUT2D eigenvalue weighted by atomic mass is 19.3. The molecule has 0 unspecified atom stereocenters. The summed E-state index contributed by atoms with van der Waals surface area (Å²) in [7, 11) is 0. The van der Waals surface area contributed by atoms with Gasteiger partial charge in [0.2, 0.25) is 5.72 Å². The molecule has 3 nitrogen and oxygen atoms in total. The summed E-state index contributed by atoms with van der Waals surface area (Å²) in [6, 6.07) is 6.00. The van der Waals surface area contributed by atoms with Crippen LogP contribution in [0.1, 0.15) is 22.8 Å². The average molecular weight is 239 g/mol. The number of rotatable bonds is 0. The van der Waals surface area contributed by atoms with E-state index in [2.05, 4.69) is 0 Å². The Balaban J connectivity index is 2.29. The maximum Gasteiger partial charge on any atom is 0.303 e. The van der Waals surface area contributed by atoms with Crippen LogP contribution in [-0.4, -0.2) is 28.4 Å². The lowest BCUT2D eigenvalue weighted by molar-refractivity contribution is -0.219. The van der Waals surface area contributed by atoms with Gasteiger partial charge in [0.1, 0.15) is 0 Å². The minimum absolute atomic E-state index is 0.0133. The summed E-state index contributed by atoms with van der Waals surface area (Å²) in [5, 5.41) is 10.3. The van der Waals surface area contributed by atoms with E-state index < -0.39 is 23.5 Å². The van der Waals surface area contributed by atoms with Crippen LogP contribution < -0.4 is 0 Å². The van der Waals surface area contributed by atoms with Crippen LogP contribution in [-0.2, 0) is 5.72 Å². The first-order chi connectivity index (χ1) is 7.90. The monoisotopic (exact) mass is 239 g/mol. The van der Waals surface area contributed by atoms with Crippen LogP contribution in [0.25, 0.3) is 0 Å². The first-order valence-electron chi connectivity index (χ1n) is 5.42. The van der Waals surface area contributed by atoms with Crippen LogP contribution in [0.3, 0.4) is 0 Å². The molecule has 1 N–H and O–H groups in total. The molecule has 3 rings (SSSR count). The minimum Gasteiger partial charge on any atom is -0.362 e. The van der Waals surface area contributed by atoms with Crippen LogP contribution >= 0.6 is 0 Å². The Morgan fingerprint density at radius 2 is 2.06 bits per heavy atom. The van der Waals surface area contributed by atoms with Crippen molar-refractivity contribution in [2.24, 2.45) is 5.92 Å². The number of alkyl halides is 2. The van der Waals surface area contributed by atoms with E-state index >= 15 is 0 Å². The predicted molar refractivity (Wildman–Crippen MR) is 55.5 cm³/mol. The second kappa shape index (κ2) is 2.85. The van der Waals surface area contributed by atoms with E-state index in [0.29, 0.717) is 0 Å². The molecule has 2 aliphatic rings. The number of aliphatic hydroxyl groups is 1. The number of hydrogen-bond acceptors (Lipinski definition) is 2. The molecular weight excluding hydrogens is 228 g/mol. The Morgan fingerprint density at radius 1 is 1.41 bits per heavy atom. The van der Waals surface area contributed by atoms with Crippen LogP contribution in [0.15, 0.2) is 24.3 Å². The Labute approximate surface area is 96.7 Å². The third-order valence-electron chi connectivity index (χ3n) is 3.71. The van der Waals surface area contributed by atoms with Crippen LogP contribution in [0.5, 0.6) is 0 Å². The van der Waals surface area contributed by atoms with E-state index in [4.69, 9.17) is 0 Å². The third kappa shape index (κ3) is 0.965. The number of fused-ring (bicyclic) bond motifs is 3. The fourth-order valence-electron chi connectivity index (χ4n) is 2.72. The molecule has 0 radical (unpaired) electrons. The van der Waals surface area contributed by atoms with Crippen molar-refractivity contribution < 1.29 is 18.7 Å². The standard InChI is InChI=1S/C12H11F2NO2/c1-7-6-15-10(16)8-4-2-3-5-9(8)12(15,17)11(7,13)14/h2-5,7,17H,6H2,1H3/t7-,12+/m1/s1. The number of amides is 1. The smallest absolute Gasteiger partial charge is 0.303 e. The summed E-state index contributed by atoms with van der Waals surface area (Å²) in [4.78, 5) is 12.8. The molecule has 1 amide bonds. The maximum absolute atomic E-state index is 14.1. The topological polar surface area (TPSA) is 40.5 Å². The SMILES string of the molecule is C[C@@H]1CN2C(=O)c3ccccc3[C@]2(O)C1(F)F. The van der Waals surface area contributed by atoms with Gasteiger partial charge >= 0.3 is 5.92 Å². The number of hydrogen-bond donors (Lipinski definition) is 1. The summed E-state index contributed by atoms with van der Waals surface area (Å²) < 4.78 is 28.2. The van der Waals surface area contributed by atoms with E-state index in [-0.39, 0.29) is 17.7 Å². The Morgan fingerprint density at radius 3 is 2.76 bits per heavy atom. The molecule has 17 heavy (non-hydrogen) atoms. The Bertz CT molecular complexity index is 517. The predicted octanol–water partition coefficient (Wildman–Crippen LogP) is 1.57. The number of benzene rings is 1. The summed E-state index contributed by atoms with van der Waals surface area (Å²) in [6.45, 7) is 1.21. The number of nitrogens with zero attached hydrogens (tertiary/aromatic N) is 1. The first kappa shape index (κ1) is 10.7. The van der Waals surface area contributed by atoms with Gasteiger partial charge in [0, 0.05) is 23.6 Å². The molecule has 2 atom stereocenters. The summed E-state index contributed by atoms with van der Waals surface area (Å²) >= 11 is 0. The molecule has 1 fully saturated rings. The van der Waals surface area contributed by atoms with Crippen molar-refractivity contribution in [1.29, 1.82) is 0 Å². The lowest BCUT2D eigenvalue weighted by atomic mass is 9.92. The van der Waals surface area contributed by atoms with Gasteiger partial charge in [-0.2, -0.15) is 0 Å². The summed E-state index contributed by atoms with van der Waals surface area (Å²) in [5.74, 6) is -4.90. The van der Waals surface area contributed by atoms with Crippen molar-refractivity contribution in [3.63, 3.8) is 0 Å². The van der Waals surface area contributed by atoms with Gasteiger partial charge in [0.25, 0.3) is 5.91 Å². The van der Waals surface area contributed by atoms with Crippen molar-refractivity contribution in [2.45, 2.75) is 18.6 Å². The fourth-order valence-corrected chi connectivity index (χ4v) is 2.72. The largest absolute Gasteiger partial charge is 0.362 e. The van der Waals surface area contributed by atoms with Gasteiger partial charge in [-0.3, -0.25) is 4.79 Å². The number of carbonyl (C=O) groups excluding carboxylic acids is 1. The van der Waals surface area contributed by atoms with Crippen molar-refractivity contribution in [3.05, 3.63) is 35.4 Å². The Kier molecular flexibility index (Phi) is 1.78. The fraction of sp³-hybridized carbons (Fsp3) is 0.417. The zero-order valence-corrected chi connectivity index (χ0v) is 9.15. The van der Waals surface area contributed by atoms with E-state index in [1.807, 2.05) is 0 Å². The molecule has 5 heteroatoms. The lowest BCUT2D eigenvalue weighted by Gasteiger charge is -2.32. The van der Waals surface area contributed by atoms with Crippen molar-refractivity contribution >= 4 is 5.91 Å². The second-order valence-corrected chi connectivity index (χ2v) is 4.66. The molecule has 1 aromatic carbocycles. The second-order valence-electron chi connectivity index (χ2n) is 4.66. The van der Waals surface area contributed by atoms with Gasteiger partial charge in [0.05, 0.1) is 0 Å². The van der Waals surface area contributed by atoms with Gasteiger partial charge < -0.3 is 10.0 Å². The molecule has 1 aromatic rings. The molecule has 2 aliphatic heterocycles. The summed E-state index contributed by atoms with van der Waals surface area (Å²) in [6.07, 6.45) is 0. The maximum atomic E-state index is 14.1. The van der Waals surface area contributed by atoms with Gasteiger partial charge in [-0.1, -0.05) is 25.1 Å². The highest BCUT2D eigenvalue weighted by Crippen LogP contribution is 2.55. The molecular formula is C12H11F2NO2. The van der Waals surface area contributed by atoms with E-state index in [1.54, 1.807) is 12.1 Å². The van der Waals surface area contributed by atoms with Gasteiger partial charge in [-0.15, -0.1) is 0 Å². The van der Waals surface area contributed by atoms with Crippen molar-refractivity contribution in [2.75, 3.05) is 6.54 Å². The Hall–Kier alpha value is -1.49.